The van der Waals surface area contributed by atoms with E-state index in [9.17, 15) is 14.4 Å². The van der Waals surface area contributed by atoms with Crippen molar-refractivity contribution in [1.82, 2.24) is 5.32 Å². The molecular weight excluding hydrogens is 462 g/mol. The third kappa shape index (κ3) is 4.61. The molecule has 0 bridgehead atoms. The van der Waals surface area contributed by atoms with E-state index in [-0.39, 0.29) is 17.8 Å². The van der Waals surface area contributed by atoms with E-state index >= 15 is 0 Å². The van der Waals surface area contributed by atoms with Crippen LogP contribution in [-0.2, 0) is 23.9 Å². The molecule has 1 saturated carbocycles. The fourth-order valence-corrected chi connectivity index (χ4v) is 5.80. The third-order valence-corrected chi connectivity index (χ3v) is 7.53. The van der Waals surface area contributed by atoms with Crippen LogP contribution >= 0.6 is 0 Å². The smallest absolute Gasteiger partial charge is 0.337 e. The lowest BCUT2D eigenvalue weighted by Gasteiger charge is -2.39. The summed E-state index contributed by atoms with van der Waals surface area (Å²) in [6.45, 7) is 3.68. The van der Waals surface area contributed by atoms with Crippen molar-refractivity contribution in [3.8, 4) is 11.5 Å². The number of benzene rings is 1. The minimum absolute atomic E-state index is 0.153. The third-order valence-electron chi connectivity index (χ3n) is 7.53. The SMILES string of the molecule is COC(=O)C1C(=O)C2=C(CC1C)NC(C)=C(C(=O)OC1CCCCC1)C2c1cccc(OC)c1OC. The number of Topliss-reactive ketones (excluding diaryl/α,β-unsaturated/α-hetero) is 1. The highest BCUT2D eigenvalue weighted by atomic mass is 16.5. The molecule has 3 aliphatic rings. The van der Waals surface area contributed by atoms with Crippen LogP contribution in [-0.4, -0.2) is 45.2 Å². The lowest BCUT2D eigenvalue weighted by Crippen LogP contribution is -2.43. The summed E-state index contributed by atoms with van der Waals surface area (Å²) in [4.78, 5) is 40.3. The van der Waals surface area contributed by atoms with Gasteiger partial charge in [-0.25, -0.2) is 4.79 Å². The van der Waals surface area contributed by atoms with Crippen LogP contribution in [0.1, 0.15) is 63.9 Å². The lowest BCUT2D eigenvalue weighted by molar-refractivity contribution is -0.151. The minimum atomic E-state index is -0.955. The summed E-state index contributed by atoms with van der Waals surface area (Å²) in [7, 11) is 4.34. The minimum Gasteiger partial charge on any atom is -0.493 e. The Bertz CT molecular complexity index is 1110. The van der Waals surface area contributed by atoms with Gasteiger partial charge < -0.3 is 24.3 Å². The van der Waals surface area contributed by atoms with Crippen LogP contribution in [0, 0.1) is 11.8 Å². The molecule has 3 atom stereocenters. The molecule has 36 heavy (non-hydrogen) atoms. The Balaban J connectivity index is 1.86. The first kappa shape index (κ1) is 25.8. The zero-order valence-electron chi connectivity index (χ0n) is 21.6. The first-order valence-corrected chi connectivity index (χ1v) is 12.6. The molecule has 3 unspecified atom stereocenters. The number of carbonyl (C=O) groups is 3. The molecule has 1 N–H and O–H groups in total. The summed E-state index contributed by atoms with van der Waals surface area (Å²) < 4.78 is 22.2. The number of dihydropyridines is 1. The molecule has 1 fully saturated rings. The molecule has 1 aromatic carbocycles. The van der Waals surface area contributed by atoms with Crippen molar-refractivity contribution in [3.63, 3.8) is 0 Å². The van der Waals surface area contributed by atoms with E-state index in [0.29, 0.717) is 46.0 Å². The van der Waals surface area contributed by atoms with Crippen LogP contribution in [0.15, 0.2) is 40.7 Å². The number of esters is 2. The molecule has 1 heterocycles. The number of allylic oxidation sites excluding steroid dienone is 3. The monoisotopic (exact) mass is 497 g/mol. The summed E-state index contributed by atoms with van der Waals surface area (Å²) >= 11 is 0. The molecule has 0 radical (unpaired) electrons. The Morgan fingerprint density at radius 1 is 1.03 bits per heavy atom. The van der Waals surface area contributed by atoms with Gasteiger partial charge in [-0.1, -0.05) is 25.5 Å². The normalized spacial score (nSPS) is 24.6. The van der Waals surface area contributed by atoms with Crippen LogP contribution in [0.5, 0.6) is 11.5 Å². The van der Waals surface area contributed by atoms with Crippen LogP contribution in [0.3, 0.4) is 0 Å². The molecular formula is C28H35NO7. The van der Waals surface area contributed by atoms with Gasteiger partial charge in [-0.05, 0) is 51.0 Å². The van der Waals surface area contributed by atoms with Crippen molar-refractivity contribution >= 4 is 17.7 Å². The summed E-state index contributed by atoms with van der Waals surface area (Å²) in [5.41, 5.74) is 2.65. The first-order valence-electron chi connectivity index (χ1n) is 12.6. The van der Waals surface area contributed by atoms with Crippen molar-refractivity contribution in [2.45, 2.75) is 64.4 Å². The molecule has 8 nitrogen and oxygen atoms in total. The number of hydrogen-bond donors (Lipinski definition) is 1. The second-order valence-electron chi connectivity index (χ2n) is 9.78. The molecule has 1 aromatic rings. The van der Waals surface area contributed by atoms with Gasteiger partial charge in [0.15, 0.2) is 17.3 Å². The molecule has 8 heteroatoms. The highest BCUT2D eigenvalue weighted by Gasteiger charge is 2.48. The van der Waals surface area contributed by atoms with Gasteiger partial charge in [-0.15, -0.1) is 0 Å². The van der Waals surface area contributed by atoms with E-state index in [4.69, 9.17) is 18.9 Å². The number of ketones is 1. The Kier molecular flexibility index (Phi) is 7.71. The van der Waals surface area contributed by atoms with Gasteiger partial charge in [0.2, 0.25) is 0 Å². The number of rotatable bonds is 6. The van der Waals surface area contributed by atoms with Gasteiger partial charge in [0.25, 0.3) is 0 Å². The molecule has 194 valence electrons. The van der Waals surface area contributed by atoms with E-state index in [1.54, 1.807) is 12.1 Å². The van der Waals surface area contributed by atoms with Gasteiger partial charge in [0.1, 0.15) is 12.0 Å². The summed E-state index contributed by atoms with van der Waals surface area (Å²) in [6.07, 6.45) is 5.15. The quantitative estimate of drug-likeness (QED) is 0.461. The van der Waals surface area contributed by atoms with E-state index in [2.05, 4.69) is 5.32 Å². The molecule has 0 saturated heterocycles. The van der Waals surface area contributed by atoms with Crippen molar-refractivity contribution in [1.29, 1.82) is 0 Å². The zero-order valence-corrected chi connectivity index (χ0v) is 21.6. The highest BCUT2D eigenvalue weighted by molar-refractivity contribution is 6.12. The van der Waals surface area contributed by atoms with Crippen LogP contribution in [0.25, 0.3) is 0 Å². The Morgan fingerprint density at radius 3 is 2.39 bits per heavy atom. The van der Waals surface area contributed by atoms with Gasteiger partial charge in [0.05, 0.1) is 32.8 Å². The number of ether oxygens (including phenoxy) is 4. The summed E-state index contributed by atoms with van der Waals surface area (Å²) in [6, 6.07) is 5.38. The van der Waals surface area contributed by atoms with E-state index < -0.39 is 23.8 Å². The molecule has 2 aliphatic carbocycles. The molecule has 0 aromatic heterocycles. The lowest BCUT2D eigenvalue weighted by atomic mass is 9.69. The molecule has 1 aliphatic heterocycles. The summed E-state index contributed by atoms with van der Waals surface area (Å²) in [5.74, 6) is -2.48. The van der Waals surface area contributed by atoms with Crippen molar-refractivity contribution in [3.05, 3.63) is 46.3 Å². The predicted molar refractivity (Wildman–Crippen MR) is 132 cm³/mol. The van der Waals surface area contributed by atoms with Gasteiger partial charge >= 0.3 is 11.9 Å². The van der Waals surface area contributed by atoms with Gasteiger partial charge in [-0.3, -0.25) is 9.59 Å². The fourth-order valence-electron chi connectivity index (χ4n) is 5.80. The fraction of sp³-hybridized carbons (Fsp3) is 0.536. The van der Waals surface area contributed by atoms with Crippen molar-refractivity contribution in [2.24, 2.45) is 11.8 Å². The number of nitrogens with one attached hydrogen (secondary N) is 1. The topological polar surface area (TPSA) is 100 Å². The average Bonchev–Trinajstić information content (AvgIpc) is 2.87. The second-order valence-corrected chi connectivity index (χ2v) is 9.78. The zero-order chi connectivity index (χ0) is 26.0. The largest absolute Gasteiger partial charge is 0.493 e. The Morgan fingerprint density at radius 2 is 1.75 bits per heavy atom. The standard InChI is InChI=1S/C28H35NO7/c1-15-14-19-24(25(30)21(15)27(31)35-5)23(18-12-9-13-20(33-3)26(18)34-4)22(16(2)29-19)28(32)36-17-10-7-6-8-11-17/h9,12-13,15,17,21,23,29H,6-8,10-11,14H2,1-5H3. The van der Waals surface area contributed by atoms with Crippen molar-refractivity contribution < 1.29 is 33.3 Å². The van der Waals surface area contributed by atoms with E-state index in [0.717, 1.165) is 32.1 Å². The first-order chi connectivity index (χ1) is 17.3. The number of carbonyl (C=O) groups excluding carboxylic acids is 3. The maximum Gasteiger partial charge on any atom is 0.337 e. The predicted octanol–water partition coefficient (Wildman–Crippen LogP) is 4.19. The maximum absolute atomic E-state index is 13.9. The second kappa shape index (κ2) is 10.8. The average molecular weight is 498 g/mol. The van der Waals surface area contributed by atoms with Crippen molar-refractivity contribution in [2.75, 3.05) is 21.3 Å². The Hall–Kier alpha value is -3.29. The van der Waals surface area contributed by atoms with Gasteiger partial charge in [-0.2, -0.15) is 0 Å². The number of para-hydroxylation sites is 1. The number of hydrogen-bond acceptors (Lipinski definition) is 8. The van der Waals surface area contributed by atoms with Crippen LogP contribution in [0.4, 0.5) is 0 Å². The molecule has 4 rings (SSSR count). The number of methoxy groups -OCH3 is 3. The van der Waals surface area contributed by atoms with Crippen LogP contribution < -0.4 is 14.8 Å². The molecule has 0 spiro atoms. The Labute approximate surface area is 212 Å². The van der Waals surface area contributed by atoms with E-state index in [1.165, 1.54) is 21.3 Å². The highest BCUT2D eigenvalue weighted by Crippen LogP contribution is 2.49. The van der Waals surface area contributed by atoms with Crippen LogP contribution in [0.2, 0.25) is 0 Å². The summed E-state index contributed by atoms with van der Waals surface area (Å²) in [5, 5.41) is 3.30. The van der Waals surface area contributed by atoms with E-state index in [1.807, 2.05) is 19.9 Å². The van der Waals surface area contributed by atoms with Gasteiger partial charge in [0, 0.05) is 22.5 Å². The molecule has 0 amide bonds. The maximum atomic E-state index is 13.9.